The van der Waals surface area contributed by atoms with Gasteiger partial charge in [-0.05, 0) is 6.42 Å². The lowest BCUT2D eigenvalue weighted by Gasteiger charge is -2.25. The summed E-state index contributed by atoms with van der Waals surface area (Å²) in [6.45, 7) is 0.0156. The summed E-state index contributed by atoms with van der Waals surface area (Å²) >= 11 is 0. The lowest BCUT2D eigenvalue weighted by Crippen LogP contribution is -2.43. The first-order chi connectivity index (χ1) is 7.89. The molecule has 0 bridgehead atoms. The third-order valence-electron chi connectivity index (χ3n) is 3.02. The van der Waals surface area contributed by atoms with Gasteiger partial charge in [0.25, 0.3) is 0 Å². The van der Waals surface area contributed by atoms with Crippen LogP contribution in [0.1, 0.15) is 12.8 Å². The number of carbonyl (C=O) groups is 2. The standard InChI is InChI=1S/C9H13NO6S/c11-8(12)3-7-4-16-9(13)10(7)6-1-2-17(14,15)5-6/h6-7H,1-5H2,(H,11,12). The first-order valence-corrected chi connectivity index (χ1v) is 7.08. The number of carbonyl (C=O) groups excluding carboxylic acids is 1. The summed E-state index contributed by atoms with van der Waals surface area (Å²) in [5.41, 5.74) is 0. The molecule has 0 radical (unpaired) electrons. The van der Waals surface area contributed by atoms with Crippen LogP contribution in [-0.2, 0) is 19.4 Å². The number of nitrogens with zero attached hydrogens (tertiary/aromatic N) is 1. The van der Waals surface area contributed by atoms with Crippen molar-refractivity contribution in [1.29, 1.82) is 0 Å². The predicted molar refractivity (Wildman–Crippen MR) is 56.3 cm³/mol. The SMILES string of the molecule is O=C(O)CC1COC(=O)N1C1CCS(=O)(=O)C1. The minimum atomic E-state index is -3.11. The first kappa shape index (κ1) is 12.2. The van der Waals surface area contributed by atoms with E-state index in [1.54, 1.807) is 0 Å². The molecule has 2 aliphatic heterocycles. The summed E-state index contributed by atoms with van der Waals surface area (Å²) in [6.07, 6.45) is -0.478. The Labute approximate surface area is 98.3 Å². The van der Waals surface area contributed by atoms with Crippen LogP contribution in [0.3, 0.4) is 0 Å². The van der Waals surface area contributed by atoms with E-state index in [9.17, 15) is 18.0 Å². The topological polar surface area (TPSA) is 101 Å². The third-order valence-corrected chi connectivity index (χ3v) is 4.77. The Morgan fingerprint density at radius 1 is 1.53 bits per heavy atom. The zero-order chi connectivity index (χ0) is 12.6. The van der Waals surface area contributed by atoms with Crippen LogP contribution < -0.4 is 0 Å². The summed E-state index contributed by atoms with van der Waals surface area (Å²) in [4.78, 5) is 23.4. The molecule has 0 saturated carbocycles. The number of carboxylic acid groups (broad SMARTS) is 1. The molecule has 2 saturated heterocycles. The van der Waals surface area contributed by atoms with Gasteiger partial charge in [0.15, 0.2) is 9.84 Å². The van der Waals surface area contributed by atoms with Crippen molar-refractivity contribution in [3.63, 3.8) is 0 Å². The first-order valence-electron chi connectivity index (χ1n) is 5.26. The molecule has 0 aromatic heterocycles. The number of hydrogen-bond acceptors (Lipinski definition) is 5. The number of rotatable bonds is 3. The maximum atomic E-state index is 11.5. The second-order valence-electron chi connectivity index (χ2n) is 4.29. The second kappa shape index (κ2) is 4.17. The van der Waals surface area contributed by atoms with Crippen molar-refractivity contribution in [2.24, 2.45) is 0 Å². The minimum Gasteiger partial charge on any atom is -0.481 e. The Kier molecular flexibility index (Phi) is 2.98. The molecular weight excluding hydrogens is 250 g/mol. The van der Waals surface area contributed by atoms with E-state index >= 15 is 0 Å². The van der Waals surface area contributed by atoms with Gasteiger partial charge in [0.1, 0.15) is 6.61 Å². The van der Waals surface area contributed by atoms with Crippen molar-refractivity contribution in [2.45, 2.75) is 24.9 Å². The van der Waals surface area contributed by atoms with E-state index < -0.39 is 34.0 Å². The molecule has 2 fully saturated rings. The number of amides is 1. The molecule has 0 aliphatic carbocycles. The van der Waals surface area contributed by atoms with E-state index in [0.717, 1.165) is 0 Å². The van der Waals surface area contributed by atoms with Crippen LogP contribution in [0.4, 0.5) is 4.79 Å². The molecule has 0 aromatic rings. The van der Waals surface area contributed by atoms with Crippen LogP contribution in [0.5, 0.6) is 0 Å². The number of carboxylic acids is 1. The molecule has 2 rings (SSSR count). The van der Waals surface area contributed by atoms with E-state index in [2.05, 4.69) is 0 Å². The lowest BCUT2D eigenvalue weighted by atomic mass is 10.1. The van der Waals surface area contributed by atoms with E-state index in [1.165, 1.54) is 4.90 Å². The van der Waals surface area contributed by atoms with Gasteiger partial charge in [-0.2, -0.15) is 0 Å². The zero-order valence-corrected chi connectivity index (χ0v) is 9.85. The molecule has 2 heterocycles. The van der Waals surface area contributed by atoms with Crippen LogP contribution in [0, 0.1) is 0 Å². The van der Waals surface area contributed by atoms with Gasteiger partial charge in [0.2, 0.25) is 0 Å². The number of cyclic esters (lactones) is 1. The molecule has 8 heteroatoms. The fourth-order valence-electron chi connectivity index (χ4n) is 2.27. The fourth-order valence-corrected chi connectivity index (χ4v) is 3.98. The van der Waals surface area contributed by atoms with Crippen molar-refractivity contribution < 1.29 is 27.9 Å². The van der Waals surface area contributed by atoms with Gasteiger partial charge in [0.05, 0.1) is 30.0 Å². The van der Waals surface area contributed by atoms with Gasteiger partial charge in [-0.1, -0.05) is 0 Å². The molecule has 1 amide bonds. The van der Waals surface area contributed by atoms with Gasteiger partial charge in [0, 0.05) is 0 Å². The van der Waals surface area contributed by atoms with Gasteiger partial charge < -0.3 is 9.84 Å². The quantitative estimate of drug-likeness (QED) is 0.734. The minimum absolute atomic E-state index is 0.0156. The second-order valence-corrected chi connectivity index (χ2v) is 6.52. The highest BCUT2D eigenvalue weighted by Gasteiger charge is 2.43. The van der Waals surface area contributed by atoms with Crippen molar-refractivity contribution in [2.75, 3.05) is 18.1 Å². The van der Waals surface area contributed by atoms with Crippen molar-refractivity contribution >= 4 is 21.9 Å². The summed E-state index contributed by atoms with van der Waals surface area (Å²) in [5.74, 6) is -1.08. The van der Waals surface area contributed by atoms with E-state index in [1.807, 2.05) is 0 Å². The van der Waals surface area contributed by atoms with E-state index in [4.69, 9.17) is 9.84 Å². The van der Waals surface area contributed by atoms with E-state index in [-0.39, 0.29) is 24.5 Å². The largest absolute Gasteiger partial charge is 0.481 e. The highest BCUT2D eigenvalue weighted by Crippen LogP contribution is 2.25. The molecule has 96 valence electrons. The summed E-state index contributed by atoms with van der Waals surface area (Å²) in [5, 5.41) is 8.71. The number of aliphatic carboxylic acids is 1. The molecule has 0 aromatic carbocycles. The monoisotopic (exact) mass is 263 g/mol. The van der Waals surface area contributed by atoms with Crippen molar-refractivity contribution in [3.05, 3.63) is 0 Å². The zero-order valence-electron chi connectivity index (χ0n) is 9.03. The Balaban J connectivity index is 2.12. The highest BCUT2D eigenvalue weighted by molar-refractivity contribution is 7.91. The maximum absolute atomic E-state index is 11.5. The summed E-state index contributed by atoms with van der Waals surface area (Å²) in [6, 6.07) is -1.00. The molecule has 0 spiro atoms. The Hall–Kier alpha value is -1.31. The van der Waals surface area contributed by atoms with Crippen molar-refractivity contribution in [3.8, 4) is 0 Å². The molecule has 17 heavy (non-hydrogen) atoms. The fraction of sp³-hybridized carbons (Fsp3) is 0.778. The average Bonchev–Trinajstić information content (AvgIpc) is 2.69. The smallest absolute Gasteiger partial charge is 0.410 e. The van der Waals surface area contributed by atoms with Crippen LogP contribution in [0.25, 0.3) is 0 Å². The predicted octanol–water partition coefficient (Wildman–Crippen LogP) is -0.531. The highest BCUT2D eigenvalue weighted by atomic mass is 32.2. The molecular formula is C9H13NO6S. The number of ether oxygens (including phenoxy) is 1. The molecule has 2 atom stereocenters. The lowest BCUT2D eigenvalue weighted by molar-refractivity contribution is -0.138. The normalized spacial score (nSPS) is 31.5. The van der Waals surface area contributed by atoms with Crippen LogP contribution >= 0.6 is 0 Å². The van der Waals surface area contributed by atoms with Gasteiger partial charge in [-0.3, -0.25) is 9.69 Å². The average molecular weight is 263 g/mol. The molecule has 2 aliphatic rings. The Bertz CT molecular complexity index is 444. The van der Waals surface area contributed by atoms with Gasteiger partial charge >= 0.3 is 12.1 Å². The Morgan fingerprint density at radius 2 is 2.24 bits per heavy atom. The van der Waals surface area contributed by atoms with Gasteiger partial charge in [-0.15, -0.1) is 0 Å². The molecule has 2 unspecified atom stereocenters. The summed E-state index contributed by atoms with van der Waals surface area (Å²) in [7, 11) is -3.11. The number of hydrogen-bond donors (Lipinski definition) is 1. The van der Waals surface area contributed by atoms with E-state index in [0.29, 0.717) is 6.42 Å². The van der Waals surface area contributed by atoms with Crippen LogP contribution in [-0.4, -0.2) is 60.7 Å². The van der Waals surface area contributed by atoms with Crippen LogP contribution in [0.15, 0.2) is 0 Å². The van der Waals surface area contributed by atoms with Gasteiger partial charge in [-0.25, -0.2) is 13.2 Å². The number of sulfone groups is 1. The third kappa shape index (κ3) is 2.51. The molecule has 1 N–H and O–H groups in total. The summed E-state index contributed by atoms with van der Waals surface area (Å²) < 4.78 is 27.5. The Morgan fingerprint density at radius 3 is 2.76 bits per heavy atom. The van der Waals surface area contributed by atoms with Crippen molar-refractivity contribution in [1.82, 2.24) is 4.90 Å². The maximum Gasteiger partial charge on any atom is 0.410 e. The van der Waals surface area contributed by atoms with Crippen LogP contribution in [0.2, 0.25) is 0 Å². The molecule has 7 nitrogen and oxygen atoms in total.